The van der Waals surface area contributed by atoms with Crippen molar-refractivity contribution in [3.63, 3.8) is 0 Å². The van der Waals surface area contributed by atoms with Crippen LogP contribution in [0.5, 0.6) is 5.75 Å². The van der Waals surface area contributed by atoms with Crippen molar-refractivity contribution < 1.29 is 14.7 Å². The predicted molar refractivity (Wildman–Crippen MR) is 83.8 cm³/mol. The summed E-state index contributed by atoms with van der Waals surface area (Å²) < 4.78 is 0. The molecule has 0 spiro atoms. The first kappa shape index (κ1) is 17.6. The van der Waals surface area contributed by atoms with E-state index >= 15 is 0 Å². The summed E-state index contributed by atoms with van der Waals surface area (Å²) in [5.41, 5.74) is 0.390. The molecule has 5 nitrogen and oxygen atoms in total. The molecule has 0 saturated heterocycles. The highest BCUT2D eigenvalue weighted by atomic mass is 35.5. The van der Waals surface area contributed by atoms with Crippen molar-refractivity contribution in [2.24, 2.45) is 5.92 Å². The molecule has 1 aromatic rings. The van der Waals surface area contributed by atoms with Crippen molar-refractivity contribution in [1.29, 1.82) is 0 Å². The van der Waals surface area contributed by atoms with Crippen LogP contribution in [0, 0.1) is 5.92 Å². The third-order valence-corrected chi connectivity index (χ3v) is 3.14. The van der Waals surface area contributed by atoms with Crippen molar-refractivity contribution >= 4 is 40.7 Å². The number of halogens is 2. The molecule has 3 N–H and O–H groups in total. The summed E-state index contributed by atoms with van der Waals surface area (Å²) >= 11 is 11.5. The molecular weight excluding hydrogens is 315 g/mol. The molecule has 7 heteroatoms. The Bertz CT molecular complexity index is 510. The zero-order valence-electron chi connectivity index (χ0n) is 11.9. The maximum absolute atomic E-state index is 11.7. The van der Waals surface area contributed by atoms with Crippen LogP contribution in [-0.4, -0.2) is 23.5 Å². The molecule has 2 amide bonds. The molecule has 0 aliphatic carbocycles. The zero-order valence-corrected chi connectivity index (χ0v) is 13.4. The Balaban J connectivity index is 2.42. The van der Waals surface area contributed by atoms with Crippen LogP contribution in [0.1, 0.15) is 26.7 Å². The van der Waals surface area contributed by atoms with Gasteiger partial charge in [0, 0.05) is 25.1 Å². The van der Waals surface area contributed by atoms with Gasteiger partial charge in [0.05, 0.1) is 10.0 Å². The van der Waals surface area contributed by atoms with Gasteiger partial charge in [0.2, 0.25) is 11.8 Å². The molecule has 0 radical (unpaired) electrons. The Labute approximate surface area is 133 Å². The summed E-state index contributed by atoms with van der Waals surface area (Å²) in [4.78, 5) is 23.1. The van der Waals surface area contributed by atoms with E-state index in [2.05, 4.69) is 10.6 Å². The number of benzene rings is 1. The van der Waals surface area contributed by atoms with E-state index in [9.17, 15) is 14.7 Å². The van der Waals surface area contributed by atoms with Gasteiger partial charge < -0.3 is 15.7 Å². The maximum atomic E-state index is 11.7. The Morgan fingerprint density at radius 3 is 2.29 bits per heavy atom. The lowest BCUT2D eigenvalue weighted by molar-refractivity contribution is -0.121. The summed E-state index contributed by atoms with van der Waals surface area (Å²) in [5.74, 6) is -0.302. The van der Waals surface area contributed by atoms with Gasteiger partial charge in [-0.05, 0) is 18.1 Å². The van der Waals surface area contributed by atoms with Crippen LogP contribution in [0.25, 0.3) is 0 Å². The molecule has 0 aromatic heterocycles. The van der Waals surface area contributed by atoms with E-state index in [0.717, 1.165) is 0 Å². The van der Waals surface area contributed by atoms with Gasteiger partial charge in [-0.2, -0.15) is 0 Å². The lowest BCUT2D eigenvalue weighted by atomic mass is 10.1. The van der Waals surface area contributed by atoms with Gasteiger partial charge >= 0.3 is 0 Å². The van der Waals surface area contributed by atoms with Gasteiger partial charge in [0.15, 0.2) is 5.75 Å². The smallest absolute Gasteiger partial charge is 0.226 e. The number of anilines is 1. The molecule has 21 heavy (non-hydrogen) atoms. The standard InChI is InChI=1S/C14H18Cl2N2O3/c1-8(2)5-13(20)17-4-3-12(19)18-9-6-10(15)14(21)11(16)7-9/h6-8,21H,3-5H2,1-2H3,(H,17,20)(H,18,19). The summed E-state index contributed by atoms with van der Waals surface area (Å²) in [7, 11) is 0. The number of phenols is 1. The van der Waals surface area contributed by atoms with Gasteiger partial charge in [-0.1, -0.05) is 37.0 Å². The van der Waals surface area contributed by atoms with Crippen LogP contribution in [0.4, 0.5) is 5.69 Å². The van der Waals surface area contributed by atoms with Crippen molar-refractivity contribution in [1.82, 2.24) is 5.32 Å². The average molecular weight is 333 g/mol. The van der Waals surface area contributed by atoms with Crippen molar-refractivity contribution in [2.75, 3.05) is 11.9 Å². The highest BCUT2D eigenvalue weighted by molar-refractivity contribution is 6.37. The Kier molecular flexibility index (Phi) is 6.78. The second-order valence-corrected chi connectivity index (χ2v) is 5.85. The highest BCUT2D eigenvalue weighted by Gasteiger charge is 2.10. The lowest BCUT2D eigenvalue weighted by Gasteiger charge is -2.09. The van der Waals surface area contributed by atoms with E-state index in [4.69, 9.17) is 23.2 Å². The summed E-state index contributed by atoms with van der Waals surface area (Å²) in [6.07, 6.45) is 0.574. The quantitative estimate of drug-likeness (QED) is 0.700. The lowest BCUT2D eigenvalue weighted by Crippen LogP contribution is -2.28. The molecule has 0 atom stereocenters. The fourth-order valence-electron chi connectivity index (χ4n) is 1.62. The van der Waals surface area contributed by atoms with Gasteiger partial charge in [-0.25, -0.2) is 0 Å². The van der Waals surface area contributed by atoms with Crippen LogP contribution < -0.4 is 10.6 Å². The normalized spacial score (nSPS) is 10.5. The number of carbonyl (C=O) groups excluding carboxylic acids is 2. The van der Waals surface area contributed by atoms with Crippen LogP contribution in [0.15, 0.2) is 12.1 Å². The fraction of sp³-hybridized carbons (Fsp3) is 0.429. The minimum Gasteiger partial charge on any atom is -0.505 e. The van der Waals surface area contributed by atoms with Crippen LogP contribution in [-0.2, 0) is 9.59 Å². The maximum Gasteiger partial charge on any atom is 0.226 e. The Morgan fingerprint density at radius 2 is 1.76 bits per heavy atom. The van der Waals surface area contributed by atoms with Crippen LogP contribution in [0.2, 0.25) is 10.0 Å². The number of hydrogen-bond acceptors (Lipinski definition) is 3. The Morgan fingerprint density at radius 1 is 1.19 bits per heavy atom. The second-order valence-electron chi connectivity index (χ2n) is 5.03. The molecule has 0 bridgehead atoms. The molecule has 0 heterocycles. The molecular formula is C14H18Cl2N2O3. The summed E-state index contributed by atoms with van der Waals surface area (Å²) in [6, 6.07) is 2.80. The summed E-state index contributed by atoms with van der Waals surface area (Å²) in [5, 5.41) is 14.8. The van der Waals surface area contributed by atoms with Crippen molar-refractivity contribution in [3.05, 3.63) is 22.2 Å². The van der Waals surface area contributed by atoms with Crippen molar-refractivity contribution in [2.45, 2.75) is 26.7 Å². The average Bonchev–Trinajstić information content (AvgIpc) is 2.34. The topological polar surface area (TPSA) is 78.4 Å². The number of rotatable bonds is 6. The van der Waals surface area contributed by atoms with Gasteiger partial charge in [0.1, 0.15) is 0 Å². The molecule has 116 valence electrons. The minimum atomic E-state index is -0.280. The molecule has 0 aliphatic rings. The third-order valence-electron chi connectivity index (χ3n) is 2.57. The zero-order chi connectivity index (χ0) is 16.0. The second kappa shape index (κ2) is 8.10. The number of hydrogen-bond donors (Lipinski definition) is 3. The monoisotopic (exact) mass is 332 g/mol. The first-order valence-electron chi connectivity index (χ1n) is 6.54. The largest absolute Gasteiger partial charge is 0.505 e. The number of carbonyl (C=O) groups is 2. The van der Waals surface area contributed by atoms with Gasteiger partial charge in [-0.3, -0.25) is 9.59 Å². The SMILES string of the molecule is CC(C)CC(=O)NCCC(=O)Nc1cc(Cl)c(O)c(Cl)c1. The van der Waals surface area contributed by atoms with E-state index in [0.29, 0.717) is 12.1 Å². The summed E-state index contributed by atoms with van der Waals surface area (Å²) in [6.45, 7) is 4.16. The fourth-order valence-corrected chi connectivity index (χ4v) is 2.11. The molecule has 1 aromatic carbocycles. The number of phenolic OH excluding ortho intramolecular Hbond substituents is 1. The number of nitrogens with one attached hydrogen (secondary N) is 2. The molecule has 0 fully saturated rings. The van der Waals surface area contributed by atoms with E-state index in [1.54, 1.807) is 0 Å². The Hall–Kier alpha value is -1.46. The molecule has 0 unspecified atom stereocenters. The minimum absolute atomic E-state index is 0.0584. The first-order chi connectivity index (χ1) is 9.79. The molecule has 0 aliphatic heterocycles. The molecule has 0 saturated carbocycles. The predicted octanol–water partition coefficient (Wildman–Crippen LogP) is 3.19. The van der Waals surface area contributed by atoms with E-state index < -0.39 is 0 Å². The highest BCUT2D eigenvalue weighted by Crippen LogP contribution is 2.34. The van der Waals surface area contributed by atoms with Gasteiger partial charge in [-0.15, -0.1) is 0 Å². The first-order valence-corrected chi connectivity index (χ1v) is 7.29. The van der Waals surface area contributed by atoms with Gasteiger partial charge in [0.25, 0.3) is 0 Å². The van der Waals surface area contributed by atoms with E-state index in [1.807, 2.05) is 13.8 Å². The number of aromatic hydroxyl groups is 1. The third kappa shape index (κ3) is 6.23. The van der Waals surface area contributed by atoms with E-state index in [1.165, 1.54) is 12.1 Å². The van der Waals surface area contributed by atoms with Crippen molar-refractivity contribution in [3.8, 4) is 5.75 Å². The molecule has 1 rings (SSSR count). The van der Waals surface area contributed by atoms with Crippen LogP contribution >= 0.6 is 23.2 Å². The number of amides is 2. The van der Waals surface area contributed by atoms with Crippen LogP contribution in [0.3, 0.4) is 0 Å². The van der Waals surface area contributed by atoms with E-state index in [-0.39, 0.29) is 46.5 Å².